The number of aliphatic imine (C=N–C) groups is 1. The van der Waals surface area contributed by atoms with E-state index in [1.54, 1.807) is 24.8 Å². The predicted octanol–water partition coefficient (Wildman–Crippen LogP) is 3.95. The summed E-state index contributed by atoms with van der Waals surface area (Å²) in [5, 5.41) is 10.4. The van der Waals surface area contributed by atoms with Gasteiger partial charge in [-0.2, -0.15) is 4.36 Å². The van der Waals surface area contributed by atoms with Gasteiger partial charge in [0.25, 0.3) is 0 Å². The summed E-state index contributed by atoms with van der Waals surface area (Å²) in [5.41, 5.74) is 5.23. The van der Waals surface area contributed by atoms with E-state index in [2.05, 4.69) is 14.3 Å². The van der Waals surface area contributed by atoms with Gasteiger partial charge >= 0.3 is 0 Å². The Bertz CT molecular complexity index is 1490. The smallest absolute Gasteiger partial charge is 0.195 e. The Kier molecular flexibility index (Phi) is 6.24. The van der Waals surface area contributed by atoms with Gasteiger partial charge in [0, 0.05) is 39.6 Å². The van der Waals surface area contributed by atoms with E-state index < -0.39 is 15.8 Å². The van der Waals surface area contributed by atoms with Crippen molar-refractivity contribution >= 4 is 38.6 Å². The van der Waals surface area contributed by atoms with E-state index in [0.29, 0.717) is 41.0 Å². The molecular weight excluding hydrogens is 516 g/mol. The number of nitrogens with zero attached hydrogens (tertiary/aromatic N) is 4. The van der Waals surface area contributed by atoms with Crippen LogP contribution in [0.15, 0.2) is 58.0 Å². The van der Waals surface area contributed by atoms with Crippen LogP contribution in [0, 0.1) is 0 Å². The van der Waals surface area contributed by atoms with Crippen LogP contribution in [0.3, 0.4) is 0 Å². The Labute approximate surface area is 219 Å². The van der Waals surface area contributed by atoms with Crippen LogP contribution in [0.1, 0.15) is 5.69 Å². The van der Waals surface area contributed by atoms with Gasteiger partial charge in [0.05, 0.1) is 53.1 Å². The van der Waals surface area contributed by atoms with E-state index in [-0.39, 0.29) is 24.9 Å². The van der Waals surface area contributed by atoms with Crippen LogP contribution in [0.25, 0.3) is 22.5 Å². The number of benzene rings is 1. The predicted molar refractivity (Wildman–Crippen MR) is 141 cm³/mol. The first-order valence-corrected chi connectivity index (χ1v) is 14.5. The molecule has 37 heavy (non-hydrogen) atoms. The topological polar surface area (TPSA) is 115 Å². The van der Waals surface area contributed by atoms with Crippen molar-refractivity contribution < 1.29 is 23.5 Å². The first kappa shape index (κ1) is 24.4. The highest BCUT2D eigenvalue weighted by Crippen LogP contribution is 2.36. The van der Waals surface area contributed by atoms with Crippen LogP contribution in [-0.2, 0) is 30.4 Å². The molecule has 1 aromatic carbocycles. The molecule has 2 saturated heterocycles. The van der Waals surface area contributed by atoms with E-state index in [1.165, 1.54) is 0 Å². The highest BCUT2D eigenvalue weighted by molar-refractivity contribution is 7.92. The van der Waals surface area contributed by atoms with Crippen LogP contribution in [0.5, 0.6) is 0 Å². The third kappa shape index (κ3) is 4.99. The Hall–Kier alpha value is -2.89. The largest absolute Gasteiger partial charge is 0.472 e. The van der Waals surface area contributed by atoms with E-state index in [0.717, 1.165) is 22.5 Å². The van der Waals surface area contributed by atoms with E-state index in [4.69, 9.17) is 30.8 Å². The van der Waals surface area contributed by atoms with E-state index >= 15 is 0 Å². The molecule has 2 aromatic heterocycles. The number of aromatic nitrogens is 2. The van der Waals surface area contributed by atoms with Crippen molar-refractivity contribution in [2.75, 3.05) is 25.7 Å². The zero-order chi connectivity index (χ0) is 25.7. The maximum absolute atomic E-state index is 11.9. The molecule has 3 aliphatic rings. The van der Waals surface area contributed by atoms with Crippen molar-refractivity contribution in [3.8, 4) is 22.5 Å². The number of hydrogen-bond donors (Lipinski definition) is 1. The van der Waals surface area contributed by atoms with Crippen LogP contribution in [-0.4, -0.2) is 75.3 Å². The quantitative estimate of drug-likeness (QED) is 0.532. The summed E-state index contributed by atoms with van der Waals surface area (Å²) in [6.45, 7) is 0.589. The third-order valence-electron chi connectivity index (χ3n) is 6.39. The maximum Gasteiger partial charge on any atom is 0.195 e. The van der Waals surface area contributed by atoms with Crippen molar-refractivity contribution in [3.05, 3.63) is 59.4 Å². The number of aliphatic hydroxyl groups is 1. The van der Waals surface area contributed by atoms with Gasteiger partial charge in [0.1, 0.15) is 18.3 Å². The lowest BCUT2D eigenvalue weighted by molar-refractivity contribution is 0.00558. The third-order valence-corrected chi connectivity index (χ3v) is 7.33. The summed E-state index contributed by atoms with van der Waals surface area (Å²) >= 11 is 6.57. The van der Waals surface area contributed by atoms with Crippen molar-refractivity contribution in [3.63, 3.8) is 0 Å². The van der Waals surface area contributed by atoms with Gasteiger partial charge < -0.3 is 19.3 Å². The highest BCUT2D eigenvalue weighted by Gasteiger charge is 2.49. The Morgan fingerprint density at radius 2 is 1.84 bits per heavy atom. The molecule has 0 aliphatic carbocycles. The number of hydrogen-bond acceptors (Lipinski definition) is 9. The van der Waals surface area contributed by atoms with E-state index in [9.17, 15) is 9.32 Å². The number of fused-ring (bicyclic) bond motifs is 2. The van der Waals surface area contributed by atoms with Gasteiger partial charge in [-0.1, -0.05) is 23.7 Å². The summed E-state index contributed by atoms with van der Waals surface area (Å²) in [5.74, 6) is 0.528. The van der Waals surface area contributed by atoms with Crippen LogP contribution in [0.2, 0.25) is 5.02 Å². The van der Waals surface area contributed by atoms with Gasteiger partial charge in [-0.05, 0) is 30.3 Å². The molecular formula is C26H25ClN4O5S. The molecule has 9 nitrogen and oxygen atoms in total. The second-order valence-electron chi connectivity index (χ2n) is 9.54. The average molecular weight is 541 g/mol. The fraction of sp³-hybridized carbons (Fsp3) is 0.346. The van der Waals surface area contributed by atoms with Crippen molar-refractivity contribution in [1.29, 1.82) is 0 Å². The molecule has 11 heteroatoms. The number of ether oxygens (including phenoxy) is 3. The molecule has 2 fully saturated rings. The molecule has 6 rings (SSSR count). The molecule has 1 N–H and O–H groups in total. The van der Waals surface area contributed by atoms with Gasteiger partial charge in [0.15, 0.2) is 12.0 Å². The second-order valence-corrected chi connectivity index (χ2v) is 12.5. The molecule has 3 aliphatic heterocycles. The molecule has 0 saturated carbocycles. The summed E-state index contributed by atoms with van der Waals surface area (Å²) in [6, 6.07) is 13.1. The minimum atomic E-state index is -2.21. The van der Waals surface area contributed by atoms with Crippen LogP contribution in [0.4, 0.5) is 11.4 Å². The summed E-state index contributed by atoms with van der Waals surface area (Å²) in [7, 11) is -2.21. The number of aliphatic hydroxyl groups excluding tert-OH is 1. The van der Waals surface area contributed by atoms with Gasteiger partial charge in [0.2, 0.25) is 0 Å². The Morgan fingerprint density at radius 3 is 2.57 bits per heavy atom. The summed E-state index contributed by atoms with van der Waals surface area (Å²) < 4.78 is 33.5. The first-order chi connectivity index (χ1) is 17.7. The molecule has 5 heterocycles. The fourth-order valence-electron chi connectivity index (χ4n) is 4.70. The zero-order valence-corrected chi connectivity index (χ0v) is 21.8. The number of pyridine rings is 2. The van der Waals surface area contributed by atoms with Crippen molar-refractivity contribution in [1.82, 2.24) is 9.97 Å². The van der Waals surface area contributed by atoms with Crippen molar-refractivity contribution in [2.45, 2.75) is 30.8 Å². The van der Waals surface area contributed by atoms with Crippen LogP contribution < -0.4 is 0 Å². The lowest BCUT2D eigenvalue weighted by atomic mass is 10.1. The molecule has 192 valence electrons. The molecule has 0 radical (unpaired) electrons. The molecule has 4 atom stereocenters. The second kappa shape index (κ2) is 9.45. The van der Waals surface area contributed by atoms with Gasteiger partial charge in [-0.25, -0.2) is 14.2 Å². The first-order valence-electron chi connectivity index (χ1n) is 11.8. The molecule has 0 bridgehead atoms. The Balaban J connectivity index is 1.17. The average Bonchev–Trinajstić information content (AvgIpc) is 3.55. The molecule has 0 unspecified atom stereocenters. The summed E-state index contributed by atoms with van der Waals surface area (Å²) in [6.07, 6.45) is 3.77. The SMILES string of the molecule is CS(C)(=O)=Nc1ccc(-c2ccc(-c3nc4c(cc3Cl)N=C(O[C@@H]3CO[C@H]5[C@@H]3OC[C@H]5O)C4)cn2)cc1. The van der Waals surface area contributed by atoms with Gasteiger partial charge in [-0.3, -0.25) is 4.98 Å². The lowest BCUT2D eigenvalue weighted by Gasteiger charge is -2.17. The minimum Gasteiger partial charge on any atom is -0.472 e. The van der Waals surface area contributed by atoms with E-state index in [1.807, 2.05) is 36.4 Å². The summed E-state index contributed by atoms with van der Waals surface area (Å²) in [4.78, 5) is 13.9. The molecule has 0 spiro atoms. The molecule has 3 aromatic rings. The maximum atomic E-state index is 11.9. The molecule has 0 amide bonds. The Morgan fingerprint density at radius 1 is 1.08 bits per heavy atom. The number of halogens is 1. The fourth-order valence-corrected chi connectivity index (χ4v) is 5.59. The zero-order valence-electron chi connectivity index (χ0n) is 20.2. The van der Waals surface area contributed by atoms with Gasteiger partial charge in [-0.15, -0.1) is 0 Å². The minimum absolute atomic E-state index is 0.247. The van der Waals surface area contributed by atoms with Crippen LogP contribution >= 0.6 is 11.6 Å². The monoisotopic (exact) mass is 540 g/mol. The normalized spacial score (nSPS) is 24.5. The standard InChI is InChI=1S/C26H25ClN4O5S/c1-37(2,33)31-16-6-3-14(4-7-16)18-8-5-15(11-28-18)24-17(27)9-19-20(30-24)10-23(29-19)36-22-13-35-25-21(32)12-34-26(22)25/h3-9,11,21-22,25-26,32H,10,12-13H2,1-2H3/t21-,22-,25-,26-/m1/s1. The number of rotatable bonds is 4. The highest BCUT2D eigenvalue weighted by atomic mass is 35.5. The van der Waals surface area contributed by atoms with Crippen molar-refractivity contribution in [2.24, 2.45) is 9.36 Å². The lowest BCUT2D eigenvalue weighted by Crippen LogP contribution is -2.34.